The minimum absolute atomic E-state index is 0.0369. The molecule has 3 heterocycles. The molecule has 0 saturated carbocycles. The van der Waals surface area contributed by atoms with Crippen LogP contribution in [-0.4, -0.2) is 49.5 Å². The Balaban J connectivity index is 1.20. The molecular formula is C25H27F4N9O2. The number of rotatable bonds is 11. The van der Waals surface area contributed by atoms with Gasteiger partial charge in [-0.3, -0.25) is 29.7 Å². The second-order valence-corrected chi connectivity index (χ2v) is 9.01. The lowest BCUT2D eigenvalue weighted by Gasteiger charge is -2.17. The van der Waals surface area contributed by atoms with E-state index in [-0.39, 0.29) is 49.2 Å². The quantitative estimate of drug-likeness (QED) is 0.263. The highest BCUT2D eigenvalue weighted by Crippen LogP contribution is 2.29. The van der Waals surface area contributed by atoms with Gasteiger partial charge in [-0.25, -0.2) is 4.39 Å². The predicted molar refractivity (Wildman–Crippen MR) is 134 cm³/mol. The van der Waals surface area contributed by atoms with Gasteiger partial charge in [-0.15, -0.1) is 10.6 Å². The fraction of sp³-hybridized carbons (Fsp3) is 0.320. The molecule has 0 bridgehead atoms. The molecule has 0 aliphatic carbocycles. The number of carbonyl (C=O) groups is 2. The highest BCUT2D eigenvalue weighted by molar-refractivity contribution is 5.93. The standard InChI is InChI=1S/C25H27F4N9O2/c1-16(17-5-3-2-4-6-17)32-24(40)22-14-37(35-34-22)10-8-19(26)13-38-15-21(33-36-38)23(39)31-12-20-11-18(7-9-30-20)25(27,28)29/h2-7,9,11,14-16,19,33,36H,8,10,12-13H2,1H3,(H,31,39)(H,32,40). The van der Waals surface area contributed by atoms with Crippen LogP contribution in [0.1, 0.15) is 46.7 Å². The molecule has 212 valence electrons. The van der Waals surface area contributed by atoms with Crippen molar-refractivity contribution in [1.82, 2.24) is 46.6 Å². The third kappa shape index (κ3) is 7.75. The maximum absolute atomic E-state index is 14.6. The van der Waals surface area contributed by atoms with Gasteiger partial charge in [0.2, 0.25) is 0 Å². The lowest BCUT2D eigenvalue weighted by Crippen LogP contribution is -2.41. The zero-order valence-electron chi connectivity index (χ0n) is 21.3. The first-order valence-corrected chi connectivity index (χ1v) is 12.3. The van der Waals surface area contributed by atoms with Crippen LogP contribution in [0.25, 0.3) is 0 Å². The topological polar surface area (TPSA) is 129 Å². The fourth-order valence-corrected chi connectivity index (χ4v) is 3.77. The van der Waals surface area contributed by atoms with Gasteiger partial charge in [-0.05, 0) is 24.6 Å². The average Bonchev–Trinajstić information content (AvgIpc) is 3.61. The molecular weight excluding hydrogens is 534 g/mol. The highest BCUT2D eigenvalue weighted by atomic mass is 19.4. The Morgan fingerprint density at radius 3 is 2.65 bits per heavy atom. The number of aromatic nitrogens is 4. The number of hydrazine groups is 2. The van der Waals surface area contributed by atoms with Gasteiger partial charge in [0.05, 0.1) is 36.6 Å². The number of carbonyl (C=O) groups excluding carboxylic acids is 2. The SMILES string of the molecule is CC(NC(=O)c1cn(CCC(F)CN2C=C(C(=O)NCc3cc(C(F)(F)F)ccn3)NN2)nn1)c1ccccc1. The van der Waals surface area contributed by atoms with Crippen molar-refractivity contribution in [1.29, 1.82) is 0 Å². The first-order chi connectivity index (χ1) is 19.1. The van der Waals surface area contributed by atoms with E-state index in [1.54, 1.807) is 0 Å². The van der Waals surface area contributed by atoms with Gasteiger partial charge in [0.1, 0.15) is 11.9 Å². The van der Waals surface area contributed by atoms with Crippen LogP contribution in [0.5, 0.6) is 0 Å². The summed E-state index contributed by atoms with van der Waals surface area (Å²) < 4.78 is 54.5. The number of benzene rings is 1. The van der Waals surface area contributed by atoms with Gasteiger partial charge >= 0.3 is 6.18 Å². The molecule has 2 atom stereocenters. The van der Waals surface area contributed by atoms with Crippen molar-refractivity contribution >= 4 is 11.8 Å². The van der Waals surface area contributed by atoms with E-state index in [1.165, 1.54) is 22.1 Å². The number of hydrogen-bond acceptors (Lipinski definition) is 8. The van der Waals surface area contributed by atoms with Crippen molar-refractivity contribution in [3.63, 3.8) is 0 Å². The summed E-state index contributed by atoms with van der Waals surface area (Å²) in [5.74, 6) is -1.01. The van der Waals surface area contributed by atoms with Crippen molar-refractivity contribution in [2.45, 2.75) is 44.8 Å². The maximum atomic E-state index is 14.6. The van der Waals surface area contributed by atoms with E-state index in [0.29, 0.717) is 0 Å². The van der Waals surface area contributed by atoms with E-state index in [0.717, 1.165) is 23.9 Å². The molecule has 11 nitrogen and oxygen atoms in total. The van der Waals surface area contributed by atoms with E-state index in [4.69, 9.17) is 0 Å². The number of nitrogens with zero attached hydrogens (tertiary/aromatic N) is 5. The van der Waals surface area contributed by atoms with E-state index in [2.05, 4.69) is 36.9 Å². The zero-order valence-corrected chi connectivity index (χ0v) is 21.3. The summed E-state index contributed by atoms with van der Waals surface area (Å²) in [4.78, 5) is 28.6. The Morgan fingerprint density at radius 1 is 1.12 bits per heavy atom. The molecule has 40 heavy (non-hydrogen) atoms. The van der Waals surface area contributed by atoms with Gasteiger partial charge in [0, 0.05) is 25.4 Å². The minimum atomic E-state index is -4.52. The smallest absolute Gasteiger partial charge is 0.345 e. The van der Waals surface area contributed by atoms with Crippen LogP contribution in [0.2, 0.25) is 0 Å². The Kier molecular flexibility index (Phi) is 8.93. The normalized spacial score (nSPS) is 14.7. The number of alkyl halides is 4. The van der Waals surface area contributed by atoms with E-state index in [1.807, 2.05) is 37.3 Å². The Hall–Kier alpha value is -4.53. The summed E-state index contributed by atoms with van der Waals surface area (Å²) in [6.45, 7) is 1.67. The van der Waals surface area contributed by atoms with Crippen LogP contribution in [0, 0.1) is 0 Å². The summed E-state index contributed by atoms with van der Waals surface area (Å²) in [6, 6.07) is 10.9. The molecule has 4 N–H and O–H groups in total. The van der Waals surface area contributed by atoms with Gasteiger partial charge in [-0.1, -0.05) is 35.5 Å². The predicted octanol–water partition coefficient (Wildman–Crippen LogP) is 2.39. The van der Waals surface area contributed by atoms with E-state index >= 15 is 0 Å². The summed E-state index contributed by atoms with van der Waals surface area (Å²) in [5, 5.41) is 14.4. The second-order valence-electron chi connectivity index (χ2n) is 9.01. The molecule has 0 radical (unpaired) electrons. The number of aryl methyl sites for hydroxylation is 1. The number of hydrogen-bond donors (Lipinski definition) is 4. The van der Waals surface area contributed by atoms with Crippen LogP contribution in [-0.2, 0) is 24.1 Å². The Morgan fingerprint density at radius 2 is 1.90 bits per heavy atom. The Labute approximate surface area is 226 Å². The molecule has 1 aromatic carbocycles. The third-order valence-corrected chi connectivity index (χ3v) is 5.92. The first-order valence-electron chi connectivity index (χ1n) is 12.3. The molecule has 3 aromatic rings. The van der Waals surface area contributed by atoms with Crippen molar-refractivity contribution < 1.29 is 27.2 Å². The monoisotopic (exact) mass is 561 g/mol. The second kappa shape index (κ2) is 12.5. The summed E-state index contributed by atoms with van der Waals surface area (Å²) >= 11 is 0. The molecule has 15 heteroatoms. The zero-order chi connectivity index (χ0) is 28.7. The average molecular weight is 562 g/mol. The van der Waals surface area contributed by atoms with Crippen molar-refractivity contribution in [3.05, 3.63) is 89.3 Å². The van der Waals surface area contributed by atoms with Crippen LogP contribution in [0.3, 0.4) is 0 Å². The van der Waals surface area contributed by atoms with Gasteiger partial charge < -0.3 is 10.6 Å². The summed E-state index contributed by atoms with van der Waals surface area (Å²) in [7, 11) is 0. The van der Waals surface area contributed by atoms with Gasteiger partial charge in [0.15, 0.2) is 5.69 Å². The molecule has 0 fully saturated rings. The van der Waals surface area contributed by atoms with Crippen molar-refractivity contribution in [3.8, 4) is 0 Å². The highest BCUT2D eigenvalue weighted by Gasteiger charge is 2.30. The molecule has 2 aromatic heterocycles. The van der Waals surface area contributed by atoms with Crippen molar-refractivity contribution in [2.75, 3.05) is 6.54 Å². The number of pyridine rings is 1. The molecule has 1 aliphatic heterocycles. The first kappa shape index (κ1) is 28.5. The van der Waals surface area contributed by atoms with Crippen LogP contribution < -0.4 is 21.6 Å². The van der Waals surface area contributed by atoms with E-state index < -0.39 is 29.7 Å². The van der Waals surface area contributed by atoms with Gasteiger partial charge in [0.25, 0.3) is 11.8 Å². The molecule has 2 unspecified atom stereocenters. The largest absolute Gasteiger partial charge is 0.416 e. The van der Waals surface area contributed by atoms with Crippen LogP contribution in [0.4, 0.5) is 17.6 Å². The van der Waals surface area contributed by atoms with Crippen LogP contribution in [0.15, 0.2) is 66.8 Å². The van der Waals surface area contributed by atoms with E-state index in [9.17, 15) is 27.2 Å². The molecule has 0 saturated heterocycles. The lowest BCUT2D eigenvalue weighted by molar-refractivity contribution is -0.137. The van der Waals surface area contributed by atoms with Gasteiger partial charge in [-0.2, -0.15) is 13.2 Å². The number of amides is 2. The molecule has 0 spiro atoms. The maximum Gasteiger partial charge on any atom is 0.416 e. The number of nitrogens with one attached hydrogen (secondary N) is 4. The summed E-state index contributed by atoms with van der Waals surface area (Å²) in [5.41, 5.74) is 5.50. The lowest BCUT2D eigenvalue weighted by atomic mass is 10.1. The summed E-state index contributed by atoms with van der Waals surface area (Å²) in [6.07, 6.45) is -1.99. The minimum Gasteiger partial charge on any atom is -0.345 e. The molecule has 4 rings (SSSR count). The Bertz CT molecular complexity index is 1350. The number of halogens is 4. The van der Waals surface area contributed by atoms with Crippen LogP contribution >= 0.6 is 0 Å². The fourth-order valence-electron chi connectivity index (χ4n) is 3.77. The molecule has 2 amide bonds. The third-order valence-electron chi connectivity index (χ3n) is 5.92. The van der Waals surface area contributed by atoms with Crippen molar-refractivity contribution in [2.24, 2.45) is 0 Å². The molecule has 1 aliphatic rings.